The van der Waals surface area contributed by atoms with Crippen molar-refractivity contribution in [3.05, 3.63) is 0 Å². The molecule has 0 aromatic carbocycles. The molecule has 1 atom stereocenters. The third kappa shape index (κ3) is 2.80. The van der Waals surface area contributed by atoms with Crippen LogP contribution in [0.5, 0.6) is 0 Å². The van der Waals surface area contributed by atoms with Gasteiger partial charge in [-0.15, -0.1) is 0 Å². The van der Waals surface area contributed by atoms with Crippen molar-refractivity contribution in [3.63, 3.8) is 0 Å². The molecule has 0 aromatic rings. The zero-order valence-corrected chi connectivity index (χ0v) is 13.1. The SMILES string of the molecule is CC1(C)CC(N2CCC(=O)NC3(CCCC3)C2=O)CCO1. The van der Waals surface area contributed by atoms with E-state index in [2.05, 4.69) is 19.2 Å². The summed E-state index contributed by atoms with van der Waals surface area (Å²) in [5.74, 6) is 0.174. The molecule has 21 heavy (non-hydrogen) atoms. The summed E-state index contributed by atoms with van der Waals surface area (Å²) in [7, 11) is 0. The maximum atomic E-state index is 13.1. The van der Waals surface area contributed by atoms with E-state index in [1.807, 2.05) is 4.90 Å². The van der Waals surface area contributed by atoms with Gasteiger partial charge in [0.2, 0.25) is 11.8 Å². The number of amides is 2. The van der Waals surface area contributed by atoms with E-state index in [0.717, 1.165) is 38.5 Å². The minimum absolute atomic E-state index is 0.0269. The fraction of sp³-hybridized carbons (Fsp3) is 0.875. The third-order valence-corrected chi connectivity index (χ3v) is 5.20. The lowest BCUT2D eigenvalue weighted by atomic mass is 9.90. The largest absolute Gasteiger partial charge is 0.375 e. The summed E-state index contributed by atoms with van der Waals surface area (Å²) in [6.45, 7) is 5.40. The fourth-order valence-electron chi connectivity index (χ4n) is 4.11. The summed E-state index contributed by atoms with van der Waals surface area (Å²) < 4.78 is 5.77. The van der Waals surface area contributed by atoms with Crippen molar-refractivity contribution in [1.82, 2.24) is 10.2 Å². The van der Waals surface area contributed by atoms with Gasteiger partial charge in [0, 0.05) is 25.6 Å². The number of nitrogens with zero attached hydrogens (tertiary/aromatic N) is 1. The lowest BCUT2D eigenvalue weighted by Gasteiger charge is -2.43. The number of ether oxygens (including phenoxy) is 1. The van der Waals surface area contributed by atoms with Crippen molar-refractivity contribution in [2.75, 3.05) is 13.2 Å². The smallest absolute Gasteiger partial charge is 0.248 e. The topological polar surface area (TPSA) is 58.6 Å². The molecule has 2 amide bonds. The first-order valence-corrected chi connectivity index (χ1v) is 8.18. The Balaban J connectivity index is 1.83. The van der Waals surface area contributed by atoms with E-state index in [0.29, 0.717) is 19.6 Å². The zero-order chi connectivity index (χ0) is 15.1. The molecule has 5 nitrogen and oxygen atoms in total. The Morgan fingerprint density at radius 3 is 2.62 bits per heavy atom. The molecule has 3 fully saturated rings. The second-order valence-corrected chi connectivity index (χ2v) is 7.34. The molecule has 1 spiro atoms. The summed E-state index contributed by atoms with van der Waals surface area (Å²) in [4.78, 5) is 27.1. The van der Waals surface area contributed by atoms with Crippen LogP contribution >= 0.6 is 0 Å². The molecular formula is C16H26N2O3. The monoisotopic (exact) mass is 294 g/mol. The van der Waals surface area contributed by atoms with Crippen LogP contribution < -0.4 is 5.32 Å². The van der Waals surface area contributed by atoms with Crippen LogP contribution in [0.3, 0.4) is 0 Å². The number of carbonyl (C=O) groups excluding carboxylic acids is 2. The average Bonchev–Trinajstić information content (AvgIpc) is 2.82. The summed E-state index contributed by atoms with van der Waals surface area (Å²) in [6.07, 6.45) is 5.79. The normalized spacial score (nSPS) is 32.1. The second kappa shape index (κ2) is 5.27. The van der Waals surface area contributed by atoms with E-state index >= 15 is 0 Å². The lowest BCUT2D eigenvalue weighted by molar-refractivity contribution is -0.146. The van der Waals surface area contributed by atoms with Gasteiger partial charge < -0.3 is 15.0 Å². The first-order valence-electron chi connectivity index (χ1n) is 8.18. The number of rotatable bonds is 1. The van der Waals surface area contributed by atoms with Crippen LogP contribution in [0.4, 0.5) is 0 Å². The third-order valence-electron chi connectivity index (χ3n) is 5.20. The first-order chi connectivity index (χ1) is 9.92. The van der Waals surface area contributed by atoms with Gasteiger partial charge in [0.25, 0.3) is 0 Å². The van der Waals surface area contributed by atoms with Crippen molar-refractivity contribution in [3.8, 4) is 0 Å². The number of hydrogen-bond acceptors (Lipinski definition) is 3. The summed E-state index contributed by atoms with van der Waals surface area (Å²) in [5, 5.41) is 3.03. The average molecular weight is 294 g/mol. The molecule has 3 aliphatic rings. The minimum Gasteiger partial charge on any atom is -0.375 e. The van der Waals surface area contributed by atoms with Gasteiger partial charge in [0.15, 0.2) is 0 Å². The van der Waals surface area contributed by atoms with Crippen LogP contribution in [0, 0.1) is 0 Å². The van der Waals surface area contributed by atoms with Crippen LogP contribution in [0.2, 0.25) is 0 Å². The van der Waals surface area contributed by atoms with Gasteiger partial charge in [-0.05, 0) is 39.5 Å². The van der Waals surface area contributed by atoms with E-state index in [1.165, 1.54) is 0 Å². The van der Waals surface area contributed by atoms with Gasteiger partial charge in [0.05, 0.1) is 5.60 Å². The Bertz CT molecular complexity index is 441. The predicted molar refractivity (Wildman–Crippen MR) is 78.7 cm³/mol. The Morgan fingerprint density at radius 1 is 1.24 bits per heavy atom. The lowest BCUT2D eigenvalue weighted by Crippen LogP contribution is -2.58. The van der Waals surface area contributed by atoms with E-state index in [-0.39, 0.29) is 23.5 Å². The number of nitrogens with one attached hydrogen (secondary N) is 1. The maximum absolute atomic E-state index is 13.1. The summed E-state index contributed by atoms with van der Waals surface area (Å²) in [6, 6.07) is 0.200. The van der Waals surface area contributed by atoms with Gasteiger partial charge in [-0.3, -0.25) is 9.59 Å². The Morgan fingerprint density at radius 2 is 1.95 bits per heavy atom. The van der Waals surface area contributed by atoms with Gasteiger partial charge in [-0.2, -0.15) is 0 Å². The first kappa shape index (κ1) is 14.8. The second-order valence-electron chi connectivity index (χ2n) is 7.34. The van der Waals surface area contributed by atoms with Crippen LogP contribution in [0.1, 0.15) is 58.8 Å². The van der Waals surface area contributed by atoms with Gasteiger partial charge in [-0.1, -0.05) is 12.8 Å². The van der Waals surface area contributed by atoms with E-state index in [4.69, 9.17) is 4.74 Å². The molecule has 1 unspecified atom stereocenters. The molecule has 2 heterocycles. The van der Waals surface area contributed by atoms with Crippen LogP contribution in [-0.2, 0) is 14.3 Å². The quantitative estimate of drug-likeness (QED) is 0.799. The molecular weight excluding hydrogens is 268 g/mol. The highest BCUT2D eigenvalue weighted by atomic mass is 16.5. The van der Waals surface area contributed by atoms with Crippen LogP contribution in [-0.4, -0.2) is 47.0 Å². The van der Waals surface area contributed by atoms with Crippen molar-refractivity contribution >= 4 is 11.8 Å². The zero-order valence-electron chi connectivity index (χ0n) is 13.1. The fourth-order valence-corrected chi connectivity index (χ4v) is 4.11. The maximum Gasteiger partial charge on any atom is 0.248 e. The molecule has 0 aromatic heterocycles. The van der Waals surface area contributed by atoms with Crippen LogP contribution in [0.15, 0.2) is 0 Å². The van der Waals surface area contributed by atoms with Crippen molar-refractivity contribution in [2.45, 2.75) is 76.0 Å². The van der Waals surface area contributed by atoms with Gasteiger partial charge >= 0.3 is 0 Å². The highest BCUT2D eigenvalue weighted by molar-refractivity contribution is 5.94. The number of carbonyl (C=O) groups is 2. The number of hydrogen-bond donors (Lipinski definition) is 1. The molecule has 1 N–H and O–H groups in total. The Kier molecular flexibility index (Phi) is 3.72. The molecule has 3 rings (SSSR count). The summed E-state index contributed by atoms with van der Waals surface area (Å²) in [5.41, 5.74) is -0.800. The molecule has 0 radical (unpaired) electrons. The standard InChI is InChI=1S/C16H26N2O3/c1-15(2)11-12(6-10-21-15)18-9-5-13(19)17-16(14(18)20)7-3-4-8-16/h12H,3-11H2,1-2H3,(H,17,19). The van der Waals surface area contributed by atoms with Crippen molar-refractivity contribution in [2.24, 2.45) is 0 Å². The molecule has 1 aliphatic carbocycles. The highest BCUT2D eigenvalue weighted by Gasteiger charge is 2.48. The molecule has 1 saturated carbocycles. The summed E-state index contributed by atoms with van der Waals surface area (Å²) >= 11 is 0. The van der Waals surface area contributed by atoms with Gasteiger partial charge in [-0.25, -0.2) is 0 Å². The molecule has 0 bridgehead atoms. The van der Waals surface area contributed by atoms with Crippen LogP contribution in [0.25, 0.3) is 0 Å². The molecule has 2 saturated heterocycles. The minimum atomic E-state index is -0.615. The predicted octanol–water partition coefficient (Wildman–Crippen LogP) is 1.61. The van der Waals surface area contributed by atoms with Gasteiger partial charge in [0.1, 0.15) is 5.54 Å². The highest BCUT2D eigenvalue weighted by Crippen LogP contribution is 2.36. The van der Waals surface area contributed by atoms with E-state index in [9.17, 15) is 9.59 Å². The molecule has 118 valence electrons. The van der Waals surface area contributed by atoms with E-state index in [1.54, 1.807) is 0 Å². The Hall–Kier alpha value is -1.10. The van der Waals surface area contributed by atoms with E-state index < -0.39 is 5.54 Å². The molecule has 2 aliphatic heterocycles. The van der Waals surface area contributed by atoms with Crippen molar-refractivity contribution in [1.29, 1.82) is 0 Å². The van der Waals surface area contributed by atoms with Crippen molar-refractivity contribution < 1.29 is 14.3 Å². The Labute approximate surface area is 126 Å². The molecule has 5 heteroatoms.